The van der Waals surface area contributed by atoms with Gasteiger partial charge >= 0.3 is 0 Å². The number of unbranched alkanes of at least 4 members (excludes halogenated alkanes) is 3. The van der Waals surface area contributed by atoms with Crippen LogP contribution in [0.1, 0.15) is 103 Å². The predicted octanol–water partition coefficient (Wildman–Crippen LogP) is 7.44. The molecule has 1 aromatic rings. The van der Waals surface area contributed by atoms with Gasteiger partial charge in [0.05, 0.1) is 0 Å². The summed E-state index contributed by atoms with van der Waals surface area (Å²) in [7, 11) is 0. The highest BCUT2D eigenvalue weighted by molar-refractivity contribution is 5.36. The number of aromatic hydroxyl groups is 1. The summed E-state index contributed by atoms with van der Waals surface area (Å²) in [6.07, 6.45) is 15.4. The van der Waals surface area contributed by atoms with Gasteiger partial charge in [-0.15, -0.1) is 0 Å². The lowest BCUT2D eigenvalue weighted by molar-refractivity contribution is 0.308. The molecule has 1 heteroatoms. The number of phenols is 1. The second-order valence-electron chi connectivity index (χ2n) is 9.56. The quantitative estimate of drug-likeness (QED) is 0.390. The summed E-state index contributed by atoms with van der Waals surface area (Å²) in [4.78, 5) is 0. The number of phenolic OH excluding ortho intramolecular Hbond substituents is 1. The molecule has 1 saturated carbocycles. The molecule has 1 N–H and O–H groups in total. The molecule has 0 aliphatic heterocycles. The molecule has 0 spiro atoms. The third kappa shape index (κ3) is 7.42. The van der Waals surface area contributed by atoms with Crippen molar-refractivity contribution in [2.45, 2.75) is 105 Å². The normalized spacial score (nSPS) is 16.2. The van der Waals surface area contributed by atoms with Crippen LogP contribution in [0, 0.1) is 10.8 Å². The lowest BCUT2D eigenvalue weighted by Gasteiger charge is -2.22. The lowest BCUT2D eigenvalue weighted by atomic mass is 9.84. The Bertz CT molecular complexity index is 525. The maximum atomic E-state index is 10.1. The van der Waals surface area contributed by atoms with E-state index in [-0.39, 0.29) is 0 Å². The van der Waals surface area contributed by atoms with E-state index in [0.717, 1.165) is 18.4 Å². The fourth-order valence-corrected chi connectivity index (χ4v) is 3.61. The molecule has 0 unspecified atom stereocenters. The summed E-state index contributed by atoms with van der Waals surface area (Å²) in [5.74, 6) is 0.492. The van der Waals surface area contributed by atoms with Gasteiger partial charge in [0.25, 0.3) is 0 Å². The topological polar surface area (TPSA) is 20.2 Å². The summed E-state index contributed by atoms with van der Waals surface area (Å²) in [5, 5.41) is 10.1. The summed E-state index contributed by atoms with van der Waals surface area (Å²) in [6, 6.07) is 6.28. The predicted molar refractivity (Wildman–Crippen MR) is 109 cm³/mol. The second kappa shape index (κ2) is 9.10. The van der Waals surface area contributed by atoms with E-state index in [1.165, 1.54) is 69.8 Å². The molecular weight excluding hydrogens is 304 g/mol. The average Bonchev–Trinajstić information content (AvgIpc) is 3.31. The van der Waals surface area contributed by atoms with Crippen LogP contribution >= 0.6 is 0 Å². The minimum atomic E-state index is 0.492. The van der Waals surface area contributed by atoms with Crippen LogP contribution in [0.25, 0.3) is 0 Å². The van der Waals surface area contributed by atoms with Crippen molar-refractivity contribution in [2.75, 3.05) is 0 Å². The maximum absolute atomic E-state index is 10.1. The minimum Gasteiger partial charge on any atom is -0.508 e. The molecule has 1 nitrogen and oxygen atoms in total. The van der Waals surface area contributed by atoms with Crippen LogP contribution in [-0.2, 0) is 12.8 Å². The fourth-order valence-electron chi connectivity index (χ4n) is 3.61. The standard InChI is InChI=1S/C24H40O/c1-5-23(2,3)15-9-6-7-11-20-13-14-22(25)21(19-20)12-8-10-16-24(4)17-18-24/h13-14,19,25H,5-12,15-18H2,1-4H3. The fraction of sp³-hybridized carbons (Fsp3) is 0.750. The highest BCUT2D eigenvalue weighted by Crippen LogP contribution is 2.49. The number of rotatable bonds is 12. The SMILES string of the molecule is CCC(C)(C)CCCCCc1ccc(O)c(CCCCC2(C)CC2)c1. The third-order valence-corrected chi connectivity index (χ3v) is 6.50. The zero-order valence-electron chi connectivity index (χ0n) is 17.2. The molecule has 0 atom stereocenters. The van der Waals surface area contributed by atoms with Gasteiger partial charge in [-0.1, -0.05) is 65.5 Å². The van der Waals surface area contributed by atoms with Gasteiger partial charge in [-0.05, 0) is 79.4 Å². The highest BCUT2D eigenvalue weighted by Gasteiger charge is 2.35. The van der Waals surface area contributed by atoms with E-state index >= 15 is 0 Å². The van der Waals surface area contributed by atoms with Gasteiger partial charge < -0.3 is 5.11 Å². The molecule has 0 aromatic heterocycles. The van der Waals surface area contributed by atoms with Crippen LogP contribution in [0.2, 0.25) is 0 Å². The van der Waals surface area contributed by atoms with Crippen LogP contribution < -0.4 is 0 Å². The summed E-state index contributed by atoms with van der Waals surface area (Å²) in [6.45, 7) is 9.46. The van der Waals surface area contributed by atoms with Gasteiger partial charge in [-0.3, -0.25) is 0 Å². The highest BCUT2D eigenvalue weighted by atomic mass is 16.3. The van der Waals surface area contributed by atoms with Crippen molar-refractivity contribution < 1.29 is 5.11 Å². The summed E-state index contributed by atoms with van der Waals surface area (Å²) in [5.41, 5.74) is 3.72. The Labute approximate surface area is 156 Å². The molecule has 0 bridgehead atoms. The van der Waals surface area contributed by atoms with Gasteiger partial charge in [0.15, 0.2) is 0 Å². The van der Waals surface area contributed by atoms with E-state index in [4.69, 9.17) is 0 Å². The lowest BCUT2D eigenvalue weighted by Crippen LogP contribution is -2.08. The van der Waals surface area contributed by atoms with Gasteiger partial charge in [0.2, 0.25) is 0 Å². The molecular formula is C24H40O. The number of aryl methyl sites for hydroxylation is 2. The van der Waals surface area contributed by atoms with E-state index in [0.29, 0.717) is 16.6 Å². The van der Waals surface area contributed by atoms with E-state index < -0.39 is 0 Å². The largest absolute Gasteiger partial charge is 0.508 e. The molecule has 1 fully saturated rings. The van der Waals surface area contributed by atoms with Crippen molar-refractivity contribution in [2.24, 2.45) is 10.8 Å². The minimum absolute atomic E-state index is 0.492. The monoisotopic (exact) mass is 344 g/mol. The first-order chi connectivity index (χ1) is 11.8. The van der Waals surface area contributed by atoms with Crippen molar-refractivity contribution >= 4 is 0 Å². The summed E-state index contributed by atoms with van der Waals surface area (Å²) >= 11 is 0. The number of hydrogen-bond acceptors (Lipinski definition) is 1. The van der Waals surface area contributed by atoms with Gasteiger partial charge in [-0.2, -0.15) is 0 Å². The Morgan fingerprint density at radius 3 is 2.40 bits per heavy atom. The van der Waals surface area contributed by atoms with Crippen LogP contribution in [-0.4, -0.2) is 5.11 Å². The molecule has 0 saturated heterocycles. The zero-order valence-corrected chi connectivity index (χ0v) is 17.2. The Kier molecular flexibility index (Phi) is 7.40. The maximum Gasteiger partial charge on any atom is 0.118 e. The molecule has 1 aliphatic carbocycles. The van der Waals surface area contributed by atoms with Gasteiger partial charge in [0.1, 0.15) is 5.75 Å². The Morgan fingerprint density at radius 1 is 1.00 bits per heavy atom. The molecule has 25 heavy (non-hydrogen) atoms. The molecule has 0 radical (unpaired) electrons. The Balaban J connectivity index is 1.68. The van der Waals surface area contributed by atoms with Crippen LogP contribution in [0.4, 0.5) is 0 Å². The Hall–Kier alpha value is -0.980. The molecule has 0 heterocycles. The molecule has 1 aliphatic rings. The van der Waals surface area contributed by atoms with Crippen LogP contribution in [0.15, 0.2) is 18.2 Å². The average molecular weight is 345 g/mol. The molecule has 0 amide bonds. The van der Waals surface area contributed by atoms with Crippen molar-refractivity contribution in [1.82, 2.24) is 0 Å². The van der Waals surface area contributed by atoms with E-state index in [2.05, 4.69) is 39.8 Å². The van der Waals surface area contributed by atoms with E-state index in [1.807, 2.05) is 6.07 Å². The molecule has 1 aromatic carbocycles. The van der Waals surface area contributed by atoms with Crippen molar-refractivity contribution in [3.8, 4) is 5.75 Å². The number of benzene rings is 1. The zero-order chi connectivity index (χ0) is 18.3. The first kappa shape index (κ1) is 20.3. The van der Waals surface area contributed by atoms with Gasteiger partial charge in [-0.25, -0.2) is 0 Å². The van der Waals surface area contributed by atoms with E-state index in [1.54, 1.807) is 0 Å². The molecule has 2 rings (SSSR count). The smallest absolute Gasteiger partial charge is 0.118 e. The second-order valence-corrected chi connectivity index (χ2v) is 9.56. The van der Waals surface area contributed by atoms with Crippen molar-refractivity contribution in [1.29, 1.82) is 0 Å². The number of hydrogen-bond donors (Lipinski definition) is 1. The first-order valence-corrected chi connectivity index (χ1v) is 10.6. The molecule has 142 valence electrons. The van der Waals surface area contributed by atoms with E-state index in [9.17, 15) is 5.11 Å². The first-order valence-electron chi connectivity index (χ1n) is 10.6. The summed E-state index contributed by atoms with van der Waals surface area (Å²) < 4.78 is 0. The Morgan fingerprint density at radius 2 is 1.72 bits per heavy atom. The van der Waals surface area contributed by atoms with Crippen LogP contribution in [0.3, 0.4) is 0 Å². The van der Waals surface area contributed by atoms with Crippen LogP contribution in [0.5, 0.6) is 5.75 Å². The van der Waals surface area contributed by atoms with Crippen molar-refractivity contribution in [3.63, 3.8) is 0 Å². The van der Waals surface area contributed by atoms with Crippen molar-refractivity contribution in [3.05, 3.63) is 29.3 Å². The van der Waals surface area contributed by atoms with Gasteiger partial charge in [0, 0.05) is 0 Å². The third-order valence-electron chi connectivity index (χ3n) is 6.50.